The van der Waals surface area contributed by atoms with Crippen LogP contribution in [-0.2, 0) is 0 Å². The lowest BCUT2D eigenvalue weighted by molar-refractivity contribution is 0.288. The molecule has 0 aromatic heterocycles. The highest BCUT2D eigenvalue weighted by atomic mass is 19.2. The summed E-state index contributed by atoms with van der Waals surface area (Å²) >= 11 is 0. The molecule has 1 fully saturated rings. The van der Waals surface area contributed by atoms with Crippen LogP contribution in [0.25, 0.3) is 0 Å². The second kappa shape index (κ2) is 13.4. The summed E-state index contributed by atoms with van der Waals surface area (Å²) in [5.41, 5.74) is 2.24. The minimum Gasteiger partial charge on any atom is -0.490 e. The SMILES string of the molecule is CCCCCC[C@H]1CC[C@H](c2ccc(C#Cc3ccc(OCCCC)c(F)c3F)cc2)CC1. The molecule has 1 aliphatic carbocycles. The van der Waals surface area contributed by atoms with E-state index in [9.17, 15) is 8.78 Å². The van der Waals surface area contributed by atoms with Gasteiger partial charge in [0.25, 0.3) is 0 Å². The van der Waals surface area contributed by atoms with Gasteiger partial charge in [-0.1, -0.05) is 76.3 Å². The van der Waals surface area contributed by atoms with Gasteiger partial charge in [0.05, 0.1) is 12.2 Å². The standard InChI is InChI=1S/C30H38F2O/c1-3-5-7-8-9-23-10-15-25(16-11-23)26-17-12-24(13-18-26)14-19-27-20-21-28(30(32)29(27)31)33-22-6-4-2/h12-13,17-18,20-21,23,25H,3-11,15-16,22H2,1-2H3/t23-,25-. The molecule has 0 aliphatic heterocycles. The largest absolute Gasteiger partial charge is 0.490 e. The van der Waals surface area contributed by atoms with Crippen molar-refractivity contribution in [2.75, 3.05) is 6.61 Å². The number of hydrogen-bond acceptors (Lipinski definition) is 1. The molecule has 0 N–H and O–H groups in total. The summed E-state index contributed by atoms with van der Waals surface area (Å²) in [5, 5.41) is 0. The lowest BCUT2D eigenvalue weighted by Crippen LogP contribution is -2.13. The third kappa shape index (κ3) is 7.60. The van der Waals surface area contributed by atoms with Crippen molar-refractivity contribution in [1.29, 1.82) is 0 Å². The van der Waals surface area contributed by atoms with E-state index in [0.717, 1.165) is 24.3 Å². The highest BCUT2D eigenvalue weighted by Gasteiger charge is 2.22. The van der Waals surface area contributed by atoms with Crippen LogP contribution in [0.2, 0.25) is 0 Å². The van der Waals surface area contributed by atoms with Crippen LogP contribution in [0.1, 0.15) is 107 Å². The van der Waals surface area contributed by atoms with Gasteiger partial charge in [-0.2, -0.15) is 4.39 Å². The third-order valence-corrected chi connectivity index (χ3v) is 6.84. The molecular weight excluding hydrogens is 414 g/mol. The summed E-state index contributed by atoms with van der Waals surface area (Å²) in [6.07, 6.45) is 13.8. The molecule has 0 bridgehead atoms. The van der Waals surface area contributed by atoms with Gasteiger partial charge >= 0.3 is 0 Å². The Labute approximate surface area is 198 Å². The molecule has 0 radical (unpaired) electrons. The first-order valence-electron chi connectivity index (χ1n) is 12.8. The molecule has 3 heteroatoms. The summed E-state index contributed by atoms with van der Waals surface area (Å²) in [5.74, 6) is 5.33. The zero-order valence-corrected chi connectivity index (χ0v) is 20.3. The van der Waals surface area contributed by atoms with E-state index < -0.39 is 11.6 Å². The number of rotatable bonds is 10. The maximum absolute atomic E-state index is 14.4. The summed E-state index contributed by atoms with van der Waals surface area (Å²) in [4.78, 5) is 0. The topological polar surface area (TPSA) is 9.23 Å². The first-order valence-corrected chi connectivity index (χ1v) is 12.8. The molecule has 1 saturated carbocycles. The second-order valence-corrected chi connectivity index (χ2v) is 9.38. The molecule has 0 saturated heterocycles. The van der Waals surface area contributed by atoms with Crippen molar-refractivity contribution in [3.63, 3.8) is 0 Å². The molecule has 2 aromatic carbocycles. The Bertz CT molecular complexity index is 915. The predicted octanol–water partition coefficient (Wildman–Crippen LogP) is 8.79. The maximum Gasteiger partial charge on any atom is 0.201 e. The quantitative estimate of drug-likeness (QED) is 0.258. The van der Waals surface area contributed by atoms with Crippen molar-refractivity contribution in [2.45, 2.75) is 90.4 Å². The Morgan fingerprint density at radius 2 is 1.52 bits per heavy atom. The van der Waals surface area contributed by atoms with Crippen LogP contribution < -0.4 is 4.74 Å². The van der Waals surface area contributed by atoms with Crippen molar-refractivity contribution < 1.29 is 13.5 Å². The van der Waals surface area contributed by atoms with E-state index in [0.29, 0.717) is 12.5 Å². The van der Waals surface area contributed by atoms with Crippen molar-refractivity contribution in [2.24, 2.45) is 5.92 Å². The van der Waals surface area contributed by atoms with E-state index in [4.69, 9.17) is 4.74 Å². The summed E-state index contributed by atoms with van der Waals surface area (Å²) in [6.45, 7) is 4.67. The Morgan fingerprint density at radius 1 is 0.788 bits per heavy atom. The molecule has 2 aromatic rings. The summed E-state index contributed by atoms with van der Waals surface area (Å²) in [6, 6.07) is 11.2. The van der Waals surface area contributed by atoms with E-state index in [1.165, 1.54) is 75.5 Å². The molecule has 0 amide bonds. The van der Waals surface area contributed by atoms with Gasteiger partial charge in [0, 0.05) is 5.56 Å². The van der Waals surface area contributed by atoms with Crippen molar-refractivity contribution in [1.82, 2.24) is 0 Å². The van der Waals surface area contributed by atoms with Crippen LogP contribution >= 0.6 is 0 Å². The monoisotopic (exact) mass is 452 g/mol. The normalized spacial score (nSPS) is 17.9. The van der Waals surface area contributed by atoms with E-state index in [-0.39, 0.29) is 11.3 Å². The molecule has 33 heavy (non-hydrogen) atoms. The molecule has 0 heterocycles. The highest BCUT2D eigenvalue weighted by molar-refractivity contribution is 5.46. The number of benzene rings is 2. The second-order valence-electron chi connectivity index (χ2n) is 9.38. The Morgan fingerprint density at radius 3 is 2.21 bits per heavy atom. The Hall–Kier alpha value is -2.34. The smallest absolute Gasteiger partial charge is 0.201 e. The van der Waals surface area contributed by atoms with E-state index >= 15 is 0 Å². The van der Waals surface area contributed by atoms with Crippen LogP contribution in [0.5, 0.6) is 5.75 Å². The summed E-state index contributed by atoms with van der Waals surface area (Å²) in [7, 11) is 0. The fraction of sp³-hybridized carbons (Fsp3) is 0.533. The Balaban J connectivity index is 1.54. The fourth-order valence-electron chi connectivity index (χ4n) is 4.69. The molecule has 0 atom stereocenters. The van der Waals surface area contributed by atoms with Gasteiger partial charge in [-0.25, -0.2) is 4.39 Å². The van der Waals surface area contributed by atoms with Gasteiger partial charge < -0.3 is 4.74 Å². The highest BCUT2D eigenvalue weighted by Crippen LogP contribution is 2.37. The fourth-order valence-corrected chi connectivity index (χ4v) is 4.69. The first-order chi connectivity index (χ1) is 16.1. The van der Waals surface area contributed by atoms with Crippen LogP contribution in [0.15, 0.2) is 36.4 Å². The molecule has 1 aliphatic rings. The average molecular weight is 453 g/mol. The zero-order chi connectivity index (χ0) is 23.5. The molecule has 1 nitrogen and oxygen atoms in total. The van der Waals surface area contributed by atoms with E-state index in [2.05, 4.69) is 30.9 Å². The number of ether oxygens (including phenoxy) is 1. The molecule has 0 unspecified atom stereocenters. The first kappa shape index (κ1) is 25.3. The van der Waals surface area contributed by atoms with E-state index in [1.807, 2.05) is 19.1 Å². The average Bonchev–Trinajstić information content (AvgIpc) is 2.85. The maximum atomic E-state index is 14.4. The minimum atomic E-state index is -0.964. The third-order valence-electron chi connectivity index (χ3n) is 6.84. The van der Waals surface area contributed by atoms with Crippen molar-refractivity contribution in [3.8, 4) is 17.6 Å². The molecular formula is C30H38F2O. The minimum absolute atomic E-state index is 0.0495. The lowest BCUT2D eigenvalue weighted by Gasteiger charge is -2.29. The van der Waals surface area contributed by atoms with Gasteiger partial charge in [-0.3, -0.25) is 0 Å². The van der Waals surface area contributed by atoms with Crippen molar-refractivity contribution in [3.05, 3.63) is 64.7 Å². The van der Waals surface area contributed by atoms with E-state index in [1.54, 1.807) is 0 Å². The number of hydrogen-bond donors (Lipinski definition) is 0. The van der Waals surface area contributed by atoms with Gasteiger partial charge in [0.15, 0.2) is 11.6 Å². The van der Waals surface area contributed by atoms with Crippen LogP contribution in [0.4, 0.5) is 8.78 Å². The van der Waals surface area contributed by atoms with Crippen LogP contribution in [0.3, 0.4) is 0 Å². The molecule has 0 spiro atoms. The van der Waals surface area contributed by atoms with Crippen LogP contribution in [-0.4, -0.2) is 6.61 Å². The van der Waals surface area contributed by atoms with Crippen LogP contribution in [0, 0.1) is 29.4 Å². The Kier molecular flexibility index (Phi) is 10.3. The number of unbranched alkanes of at least 4 members (excludes halogenated alkanes) is 4. The van der Waals surface area contributed by atoms with Gasteiger partial charge in [0.1, 0.15) is 0 Å². The lowest BCUT2D eigenvalue weighted by atomic mass is 9.77. The molecule has 3 rings (SSSR count). The summed E-state index contributed by atoms with van der Waals surface area (Å²) < 4.78 is 33.9. The predicted molar refractivity (Wildman–Crippen MR) is 133 cm³/mol. The van der Waals surface area contributed by atoms with Gasteiger partial charge in [-0.05, 0) is 73.8 Å². The zero-order valence-electron chi connectivity index (χ0n) is 20.3. The molecule has 178 valence electrons. The van der Waals surface area contributed by atoms with Gasteiger partial charge in [0.2, 0.25) is 5.82 Å². The number of halogens is 2. The van der Waals surface area contributed by atoms with Crippen molar-refractivity contribution >= 4 is 0 Å². The van der Waals surface area contributed by atoms with Gasteiger partial charge in [-0.15, -0.1) is 0 Å².